The standard InChI is InChI=1S/C24H18FNO4/c1-15(24(28)26-18-9-7-17(25)8-10-18)30-19-11-12-20-22(13-19)29-14-21(23(20)27)16-5-3-2-4-6-16/h2-15H,1H3,(H,26,28)/t15-/m1/s1. The second kappa shape index (κ2) is 8.21. The molecule has 1 heterocycles. The second-order valence-corrected chi connectivity index (χ2v) is 6.76. The van der Waals surface area contributed by atoms with Crippen LogP contribution < -0.4 is 15.5 Å². The first kappa shape index (κ1) is 19.4. The fourth-order valence-corrected chi connectivity index (χ4v) is 3.03. The number of benzene rings is 3. The molecule has 0 bridgehead atoms. The van der Waals surface area contributed by atoms with Gasteiger partial charge in [0.1, 0.15) is 23.4 Å². The summed E-state index contributed by atoms with van der Waals surface area (Å²) in [6.45, 7) is 1.59. The summed E-state index contributed by atoms with van der Waals surface area (Å²) in [5, 5.41) is 3.08. The minimum atomic E-state index is -0.817. The Hall–Kier alpha value is -3.93. The topological polar surface area (TPSA) is 68.5 Å². The van der Waals surface area contributed by atoms with Gasteiger partial charge in [0.25, 0.3) is 5.91 Å². The molecule has 30 heavy (non-hydrogen) atoms. The molecule has 1 atom stereocenters. The van der Waals surface area contributed by atoms with Crippen LogP contribution in [-0.2, 0) is 4.79 Å². The monoisotopic (exact) mass is 403 g/mol. The van der Waals surface area contributed by atoms with Gasteiger partial charge in [-0.15, -0.1) is 0 Å². The van der Waals surface area contributed by atoms with Crippen LogP contribution in [0.15, 0.2) is 88.3 Å². The van der Waals surface area contributed by atoms with E-state index in [0.29, 0.717) is 28.0 Å². The van der Waals surface area contributed by atoms with Gasteiger partial charge in [-0.2, -0.15) is 0 Å². The van der Waals surface area contributed by atoms with Crippen LogP contribution in [0.3, 0.4) is 0 Å². The molecule has 6 heteroatoms. The summed E-state index contributed by atoms with van der Waals surface area (Å²) in [7, 11) is 0. The summed E-state index contributed by atoms with van der Waals surface area (Å²) in [6, 6.07) is 19.5. The molecule has 0 fully saturated rings. The molecule has 0 radical (unpaired) electrons. The molecule has 0 aliphatic heterocycles. The summed E-state index contributed by atoms with van der Waals surface area (Å²) in [5.74, 6) is -0.382. The summed E-state index contributed by atoms with van der Waals surface area (Å²) in [4.78, 5) is 25.1. The maximum absolute atomic E-state index is 13.0. The van der Waals surface area contributed by atoms with Crippen LogP contribution in [0, 0.1) is 5.82 Å². The van der Waals surface area contributed by atoms with Crippen molar-refractivity contribution in [3.05, 3.63) is 95.1 Å². The highest BCUT2D eigenvalue weighted by molar-refractivity contribution is 5.94. The lowest BCUT2D eigenvalue weighted by Gasteiger charge is -2.15. The number of carbonyl (C=O) groups excluding carboxylic acids is 1. The summed E-state index contributed by atoms with van der Waals surface area (Å²) >= 11 is 0. The Balaban J connectivity index is 1.53. The Morgan fingerprint density at radius 2 is 1.77 bits per heavy atom. The lowest BCUT2D eigenvalue weighted by atomic mass is 10.1. The van der Waals surface area contributed by atoms with Crippen molar-refractivity contribution in [1.82, 2.24) is 0 Å². The summed E-state index contributed by atoms with van der Waals surface area (Å²) in [6.07, 6.45) is 0.608. The number of nitrogens with one attached hydrogen (secondary N) is 1. The Bertz CT molecular complexity index is 1250. The number of hydrogen-bond donors (Lipinski definition) is 1. The zero-order chi connectivity index (χ0) is 21.1. The van der Waals surface area contributed by atoms with Gasteiger partial charge in [0.2, 0.25) is 0 Å². The van der Waals surface area contributed by atoms with Crippen molar-refractivity contribution in [1.29, 1.82) is 0 Å². The lowest BCUT2D eigenvalue weighted by Crippen LogP contribution is -2.30. The predicted molar refractivity (Wildman–Crippen MR) is 113 cm³/mol. The van der Waals surface area contributed by atoms with Crippen molar-refractivity contribution in [3.63, 3.8) is 0 Å². The number of anilines is 1. The number of ether oxygens (including phenoxy) is 1. The predicted octanol–water partition coefficient (Wildman–Crippen LogP) is 5.01. The number of halogens is 1. The molecule has 1 aromatic heterocycles. The van der Waals surface area contributed by atoms with Crippen LogP contribution in [0.4, 0.5) is 10.1 Å². The van der Waals surface area contributed by atoms with Gasteiger partial charge in [0.15, 0.2) is 11.5 Å². The highest BCUT2D eigenvalue weighted by Crippen LogP contribution is 2.24. The van der Waals surface area contributed by atoms with E-state index in [2.05, 4.69) is 5.32 Å². The highest BCUT2D eigenvalue weighted by atomic mass is 19.1. The van der Waals surface area contributed by atoms with Crippen molar-refractivity contribution in [2.24, 2.45) is 0 Å². The molecule has 0 spiro atoms. The molecular formula is C24H18FNO4. The first-order chi connectivity index (χ1) is 14.5. The Kier molecular flexibility index (Phi) is 5.30. The second-order valence-electron chi connectivity index (χ2n) is 6.76. The average Bonchev–Trinajstić information content (AvgIpc) is 2.76. The minimum Gasteiger partial charge on any atom is -0.481 e. The maximum atomic E-state index is 13.0. The molecule has 0 saturated heterocycles. The highest BCUT2D eigenvalue weighted by Gasteiger charge is 2.16. The molecule has 4 rings (SSSR count). The summed E-state index contributed by atoms with van der Waals surface area (Å²) in [5.41, 5.74) is 1.94. The van der Waals surface area contributed by atoms with Crippen LogP contribution in [0.2, 0.25) is 0 Å². The van der Waals surface area contributed by atoms with Gasteiger partial charge in [-0.05, 0) is 48.9 Å². The fraction of sp³-hybridized carbons (Fsp3) is 0.0833. The van der Waals surface area contributed by atoms with Gasteiger partial charge in [-0.3, -0.25) is 9.59 Å². The Morgan fingerprint density at radius 3 is 2.50 bits per heavy atom. The molecule has 5 nitrogen and oxygen atoms in total. The number of hydrogen-bond acceptors (Lipinski definition) is 4. The van der Waals surface area contributed by atoms with Crippen LogP contribution in [0.25, 0.3) is 22.1 Å². The third-order valence-electron chi connectivity index (χ3n) is 4.62. The third-order valence-corrected chi connectivity index (χ3v) is 4.62. The van der Waals surface area contributed by atoms with Gasteiger partial charge in [-0.25, -0.2) is 4.39 Å². The number of rotatable bonds is 5. The van der Waals surface area contributed by atoms with E-state index in [-0.39, 0.29) is 17.2 Å². The van der Waals surface area contributed by atoms with E-state index >= 15 is 0 Å². The molecule has 4 aromatic rings. The van der Waals surface area contributed by atoms with Crippen LogP contribution in [0.1, 0.15) is 6.92 Å². The molecule has 0 aliphatic rings. The fourth-order valence-electron chi connectivity index (χ4n) is 3.03. The average molecular weight is 403 g/mol. The first-order valence-corrected chi connectivity index (χ1v) is 9.35. The number of fused-ring (bicyclic) bond motifs is 1. The van der Waals surface area contributed by atoms with E-state index in [1.54, 1.807) is 25.1 Å². The van der Waals surface area contributed by atoms with E-state index in [1.807, 2.05) is 30.3 Å². The molecule has 3 aromatic carbocycles. The van der Waals surface area contributed by atoms with E-state index in [9.17, 15) is 14.0 Å². The maximum Gasteiger partial charge on any atom is 0.265 e. The quantitative estimate of drug-likeness (QED) is 0.509. The SMILES string of the molecule is C[C@@H](Oc1ccc2c(=O)c(-c3ccccc3)coc2c1)C(=O)Nc1ccc(F)cc1. The van der Waals surface area contributed by atoms with Crippen LogP contribution in [-0.4, -0.2) is 12.0 Å². The molecule has 0 aliphatic carbocycles. The number of amides is 1. The van der Waals surface area contributed by atoms with E-state index in [1.165, 1.54) is 30.5 Å². The van der Waals surface area contributed by atoms with E-state index < -0.39 is 6.10 Å². The zero-order valence-corrected chi connectivity index (χ0v) is 16.1. The van der Waals surface area contributed by atoms with Crippen molar-refractivity contribution >= 4 is 22.6 Å². The largest absolute Gasteiger partial charge is 0.481 e. The zero-order valence-electron chi connectivity index (χ0n) is 16.1. The minimum absolute atomic E-state index is 0.142. The van der Waals surface area contributed by atoms with Crippen LogP contribution >= 0.6 is 0 Å². The van der Waals surface area contributed by atoms with Crippen molar-refractivity contribution in [2.45, 2.75) is 13.0 Å². The molecule has 150 valence electrons. The summed E-state index contributed by atoms with van der Waals surface area (Å²) < 4.78 is 24.3. The van der Waals surface area contributed by atoms with Crippen molar-refractivity contribution in [2.75, 3.05) is 5.32 Å². The Labute approximate surface area is 171 Å². The Morgan fingerprint density at radius 1 is 1.03 bits per heavy atom. The van der Waals surface area contributed by atoms with Crippen LogP contribution in [0.5, 0.6) is 5.75 Å². The smallest absolute Gasteiger partial charge is 0.265 e. The molecule has 0 saturated carbocycles. The molecule has 0 unspecified atom stereocenters. The van der Waals surface area contributed by atoms with E-state index in [4.69, 9.17) is 9.15 Å². The van der Waals surface area contributed by atoms with Gasteiger partial charge < -0.3 is 14.5 Å². The van der Waals surface area contributed by atoms with Gasteiger partial charge in [-0.1, -0.05) is 30.3 Å². The third kappa shape index (κ3) is 4.07. The van der Waals surface area contributed by atoms with Crippen molar-refractivity contribution in [3.8, 4) is 16.9 Å². The lowest BCUT2D eigenvalue weighted by molar-refractivity contribution is -0.122. The van der Waals surface area contributed by atoms with E-state index in [0.717, 1.165) is 5.56 Å². The van der Waals surface area contributed by atoms with Gasteiger partial charge >= 0.3 is 0 Å². The number of carbonyl (C=O) groups is 1. The van der Waals surface area contributed by atoms with Crippen molar-refractivity contribution < 1.29 is 18.3 Å². The first-order valence-electron chi connectivity index (χ1n) is 9.35. The molecule has 1 amide bonds. The normalized spacial score (nSPS) is 11.8. The van der Waals surface area contributed by atoms with Gasteiger partial charge in [0.05, 0.1) is 10.9 Å². The molecule has 1 N–H and O–H groups in total. The molecular weight excluding hydrogens is 385 g/mol. The van der Waals surface area contributed by atoms with Gasteiger partial charge in [0, 0.05) is 11.8 Å².